The Morgan fingerprint density at radius 2 is 0.976 bits per heavy atom. The standard InChI is InChI=1S/C84H134O43/c1-11-80(7,127-70-59(104)49(94)37(90)29-112-70)18-12-13-33(24-85)68(109)120-47-23-84(77(110)126-76-67(57(102)52(97)40(26-87)118-76)125-74-63(108)65(123-73-62(107)55(100)51(96)39(25-86)116-73)64(32(2)115-74)122-72-60(105)53(98)41(27-88)117-72)35(21-78(47,3)4)34-14-15-44-81(8)19-17-46(79(5,6)43(81)16-20-82(44,9)83(34,10)22-45(84)92)121-71-61(106)56(101)54(99)42(119-71)31-114-75-66(50(95)38(91)30-113-75)124-69-58(103)48(93)36(89)28-111-69/h11,13-14,32,35-67,69-76,85-108H,1,12,15-31H2,2-10H3/b33-13+/t32-,35-,36+,37+,38-,39+,40+,41-,42+,43-,44+,45+,46-,47-,48-,49-,50-,51+,52+,53-,54+,55-,56-,57-,58+,59+,60+,61+,62+,63+,64-,65-,66+,67+,69-,70-,71-,72-,73-,74-,75-,76-,80+,81-,82+,83+,84+/m0/s1. The van der Waals surface area contributed by atoms with Crippen LogP contribution < -0.4 is 0 Å². The van der Waals surface area contributed by atoms with Crippen LogP contribution in [0.3, 0.4) is 0 Å². The van der Waals surface area contributed by atoms with Crippen molar-refractivity contribution < 1.29 is 213 Å². The molecule has 13 aliphatic rings. The van der Waals surface area contributed by atoms with Crippen LogP contribution in [0.4, 0.5) is 0 Å². The maximum atomic E-state index is 16.7. The van der Waals surface area contributed by atoms with E-state index in [1.54, 1.807) is 20.8 Å². The quantitative estimate of drug-likeness (QED) is 0.0157. The third-order valence-corrected chi connectivity index (χ3v) is 30.7. The molecule has 0 bridgehead atoms. The van der Waals surface area contributed by atoms with Gasteiger partial charge >= 0.3 is 11.9 Å². The van der Waals surface area contributed by atoms with Crippen molar-refractivity contribution in [3.05, 3.63) is 36.0 Å². The van der Waals surface area contributed by atoms with Gasteiger partial charge in [-0.05, 0) is 111 Å². The van der Waals surface area contributed by atoms with Crippen LogP contribution in [-0.4, -0.2) is 432 Å². The Balaban J connectivity index is 0.787. The number of aliphatic hydroxyl groups excluding tert-OH is 24. The zero-order valence-electron chi connectivity index (χ0n) is 72.4. The van der Waals surface area contributed by atoms with E-state index in [-0.39, 0.29) is 49.7 Å². The van der Waals surface area contributed by atoms with Gasteiger partial charge in [0.2, 0.25) is 6.29 Å². The van der Waals surface area contributed by atoms with E-state index in [0.29, 0.717) is 32.1 Å². The number of rotatable bonds is 27. The van der Waals surface area contributed by atoms with Gasteiger partial charge in [-0.25, -0.2) is 4.79 Å². The van der Waals surface area contributed by atoms with Crippen LogP contribution in [-0.2, 0) is 90.1 Å². The molecular formula is C84H134O43. The monoisotopic (exact) mass is 1830 g/mol. The fourth-order valence-corrected chi connectivity index (χ4v) is 22.6. The summed E-state index contributed by atoms with van der Waals surface area (Å²) in [6, 6.07) is 0. The van der Waals surface area contributed by atoms with Gasteiger partial charge in [-0.1, -0.05) is 72.3 Å². The predicted octanol–water partition coefficient (Wildman–Crippen LogP) is -8.03. The highest BCUT2D eigenvalue weighted by Crippen LogP contribution is 2.76. The highest BCUT2D eigenvalue weighted by Gasteiger charge is 2.74. The summed E-state index contributed by atoms with van der Waals surface area (Å²) >= 11 is 0. The molecule has 0 amide bonds. The van der Waals surface area contributed by atoms with Gasteiger partial charge in [0.25, 0.3) is 0 Å². The summed E-state index contributed by atoms with van der Waals surface area (Å²) in [4.78, 5) is 31.6. The maximum Gasteiger partial charge on any atom is 0.336 e. The number of carbonyl (C=O) groups is 2. The van der Waals surface area contributed by atoms with Gasteiger partial charge in [-0.3, -0.25) is 4.79 Å². The zero-order chi connectivity index (χ0) is 92.9. The number of ether oxygens (including phenoxy) is 17. The summed E-state index contributed by atoms with van der Waals surface area (Å²) in [5.74, 6) is -3.64. The van der Waals surface area contributed by atoms with E-state index < -0.39 is 348 Å². The van der Waals surface area contributed by atoms with E-state index >= 15 is 4.79 Å². The summed E-state index contributed by atoms with van der Waals surface area (Å²) in [6.07, 6.45) is -61.2. The molecule has 13 rings (SSSR count). The fourth-order valence-electron chi connectivity index (χ4n) is 22.6. The molecule has 0 aromatic carbocycles. The molecule has 0 aromatic rings. The molecule has 0 aromatic heterocycles. The summed E-state index contributed by atoms with van der Waals surface area (Å²) in [5.41, 5.74) is -7.17. The second-order valence-electron chi connectivity index (χ2n) is 39.2. The SMILES string of the molecule is C=C[C@](C)(CC/C=C(\CO)C(=O)O[C@H]1C[C@]2(C(=O)O[C@@H]3O[C@H](CO)[C@@H](O)[C@H](O)[C@H]3O[C@@H]3O[C@@H](C)[C@H](O[C@@H]4O[C@@H](CO)[C@H](O)[C@H]4O)[C@@H](O[C@@H]4O[C@H](CO)[C@@H](O)[C@H](O)[C@H]4O)[C@H]3O)[C@H](O)C[C@]3(C)C(=CC[C@@H]4[C@@]5(C)CC[C@H](O[C@@H]6O[C@H](CO[C@@H]7OC[C@H](O)[C@H](O)[C@H]7O[C@@H]7OC[C@@H](O)[C@H](O)[C@H]7O)[C@@H](O)[C@H](O)[C@H]6O)C(C)(C)[C@@H]5CC[C@]43C)[C@@H]2CC1(C)C)O[C@@H]1OC[C@@H](O)[C@H](O)[C@H]1O. The molecule has 47 atom stereocenters. The summed E-state index contributed by atoms with van der Waals surface area (Å²) in [6.45, 7) is 15.4. The van der Waals surface area contributed by atoms with Crippen LogP contribution >= 0.6 is 0 Å². The van der Waals surface area contributed by atoms with Crippen LogP contribution in [0, 0.1) is 50.2 Å². The molecule has 4 saturated carbocycles. The minimum Gasteiger partial charge on any atom is -0.458 e. The topological polar surface area (TPSA) is 677 Å². The van der Waals surface area contributed by atoms with Gasteiger partial charge in [-0.15, -0.1) is 6.58 Å². The second kappa shape index (κ2) is 39.4. The Kier molecular flexibility index (Phi) is 31.3. The van der Waals surface area contributed by atoms with Crippen LogP contribution in [0.15, 0.2) is 36.0 Å². The number of hydrogen-bond acceptors (Lipinski definition) is 43. The van der Waals surface area contributed by atoms with Crippen molar-refractivity contribution in [2.75, 3.05) is 52.9 Å². The molecule has 12 fully saturated rings. The molecule has 5 aliphatic carbocycles. The van der Waals surface area contributed by atoms with E-state index in [9.17, 15) is 127 Å². The molecule has 43 heteroatoms. The Hall–Kier alpha value is -3.40. The normalized spacial score (nSPS) is 51.1. The third kappa shape index (κ3) is 18.7. The Morgan fingerprint density at radius 1 is 0.488 bits per heavy atom. The van der Waals surface area contributed by atoms with E-state index in [4.69, 9.17) is 80.5 Å². The van der Waals surface area contributed by atoms with Gasteiger partial charge < -0.3 is 203 Å². The number of carbonyl (C=O) groups excluding carboxylic acids is 2. The minimum atomic E-state index is -2.27. The molecule has 728 valence electrons. The lowest BCUT2D eigenvalue weighted by Crippen LogP contribution is -2.70. The average molecular weight is 1830 g/mol. The van der Waals surface area contributed by atoms with Crippen LogP contribution in [0.25, 0.3) is 0 Å². The molecule has 8 heterocycles. The lowest BCUT2D eigenvalue weighted by atomic mass is 9.33. The van der Waals surface area contributed by atoms with E-state index in [0.717, 1.165) is 5.57 Å². The van der Waals surface area contributed by atoms with Gasteiger partial charge in [0.05, 0.1) is 82.3 Å². The average Bonchev–Trinajstić information content (AvgIpc) is 0.988. The summed E-state index contributed by atoms with van der Waals surface area (Å²) < 4.78 is 103. The molecular weight excluding hydrogens is 1700 g/mol. The molecule has 0 unspecified atom stereocenters. The first-order chi connectivity index (χ1) is 59.7. The number of hydrogen-bond donors (Lipinski definition) is 24. The number of esters is 2. The van der Waals surface area contributed by atoms with E-state index in [1.165, 1.54) is 19.1 Å². The largest absolute Gasteiger partial charge is 0.458 e. The highest BCUT2D eigenvalue weighted by atomic mass is 16.8. The van der Waals surface area contributed by atoms with Crippen molar-refractivity contribution in [3.8, 4) is 0 Å². The van der Waals surface area contributed by atoms with Crippen molar-refractivity contribution in [1.29, 1.82) is 0 Å². The van der Waals surface area contributed by atoms with Gasteiger partial charge in [-0.2, -0.15) is 0 Å². The van der Waals surface area contributed by atoms with Crippen molar-refractivity contribution in [2.24, 2.45) is 50.2 Å². The van der Waals surface area contributed by atoms with Crippen molar-refractivity contribution >= 4 is 11.9 Å². The minimum absolute atomic E-state index is 0.00980. The van der Waals surface area contributed by atoms with Gasteiger partial charge in [0.15, 0.2) is 50.1 Å². The molecule has 0 spiro atoms. The van der Waals surface area contributed by atoms with E-state index in [2.05, 4.69) is 33.4 Å². The molecule has 127 heavy (non-hydrogen) atoms. The zero-order valence-corrected chi connectivity index (χ0v) is 72.4. The fraction of sp³-hybridized carbons (Fsp3) is 0.905. The molecule has 43 nitrogen and oxygen atoms in total. The first-order valence-electron chi connectivity index (χ1n) is 43.8. The first-order valence-corrected chi connectivity index (χ1v) is 43.8. The molecule has 8 aliphatic heterocycles. The Bertz CT molecular complexity index is 3770. The molecule has 8 saturated heterocycles. The maximum absolute atomic E-state index is 16.7. The highest BCUT2D eigenvalue weighted by molar-refractivity contribution is 5.89. The first kappa shape index (κ1) is 101. The van der Waals surface area contributed by atoms with Crippen LogP contribution in [0.5, 0.6) is 0 Å². The Labute approximate surface area is 732 Å². The predicted molar refractivity (Wildman–Crippen MR) is 420 cm³/mol. The molecule has 24 N–H and O–H groups in total. The van der Waals surface area contributed by atoms with Crippen molar-refractivity contribution in [3.63, 3.8) is 0 Å². The summed E-state index contributed by atoms with van der Waals surface area (Å²) in [5, 5.41) is 265. The lowest BCUT2D eigenvalue weighted by Gasteiger charge is -2.72. The molecule has 0 radical (unpaired) electrons. The number of allylic oxidation sites excluding steroid dienone is 3. The van der Waals surface area contributed by atoms with E-state index in [1.807, 2.05) is 13.8 Å². The van der Waals surface area contributed by atoms with Crippen LogP contribution in [0.1, 0.15) is 127 Å². The van der Waals surface area contributed by atoms with Crippen molar-refractivity contribution in [2.45, 2.75) is 372 Å². The smallest absolute Gasteiger partial charge is 0.336 e. The van der Waals surface area contributed by atoms with Gasteiger partial charge in [0, 0.05) is 11.8 Å². The lowest BCUT2D eigenvalue weighted by molar-refractivity contribution is -0.390. The third-order valence-electron chi connectivity index (χ3n) is 30.7. The van der Waals surface area contributed by atoms with Crippen LogP contribution in [0.2, 0.25) is 0 Å². The number of aliphatic hydroxyl groups is 24. The van der Waals surface area contributed by atoms with Gasteiger partial charge in [0.1, 0.15) is 170 Å². The summed E-state index contributed by atoms with van der Waals surface area (Å²) in [7, 11) is 0. The van der Waals surface area contributed by atoms with Crippen molar-refractivity contribution in [1.82, 2.24) is 0 Å². The Morgan fingerprint density at radius 3 is 1.57 bits per heavy atom. The number of fused-ring (bicyclic) bond motifs is 7. The second-order valence-corrected chi connectivity index (χ2v) is 39.2.